The fourth-order valence-corrected chi connectivity index (χ4v) is 6.49. The summed E-state index contributed by atoms with van der Waals surface area (Å²) in [6.07, 6.45) is 6.94. The van der Waals surface area contributed by atoms with Gasteiger partial charge in [0.1, 0.15) is 0 Å². The summed E-state index contributed by atoms with van der Waals surface area (Å²) in [5.74, 6) is 0.769. The van der Waals surface area contributed by atoms with Gasteiger partial charge in [-0.2, -0.15) is 0 Å². The van der Waals surface area contributed by atoms with E-state index < -0.39 is 0 Å². The van der Waals surface area contributed by atoms with E-state index in [0.29, 0.717) is 0 Å². The number of hydrogen-bond acceptors (Lipinski definition) is 1. The van der Waals surface area contributed by atoms with E-state index >= 15 is 0 Å². The molecule has 6 rings (SSSR count). The number of nitrogens with zero attached hydrogens (tertiary/aromatic N) is 1. The van der Waals surface area contributed by atoms with Crippen molar-refractivity contribution in [3.05, 3.63) is 60.2 Å². The molecule has 5 aromatic rings. The van der Waals surface area contributed by atoms with Crippen molar-refractivity contribution in [2.45, 2.75) is 38.0 Å². The van der Waals surface area contributed by atoms with Crippen molar-refractivity contribution in [3.63, 3.8) is 0 Å². The minimum atomic E-state index is 0.769. The van der Waals surface area contributed by atoms with Gasteiger partial charge in [-0.25, -0.2) is 0 Å². The fourth-order valence-electron chi connectivity index (χ4n) is 5.18. The van der Waals surface area contributed by atoms with Crippen LogP contribution in [0.25, 0.3) is 42.0 Å². The maximum absolute atomic E-state index is 2.49. The number of aromatic nitrogens is 1. The Bertz CT molecular complexity index is 1310. The Balaban J connectivity index is 1.65. The largest absolute Gasteiger partial charge is 0.344 e. The second-order valence-electron chi connectivity index (χ2n) is 8.11. The second kappa shape index (κ2) is 5.84. The number of para-hydroxylation sites is 1. The van der Waals surface area contributed by atoms with Gasteiger partial charge in [-0.05, 0) is 42.5 Å². The molecule has 0 radical (unpaired) electrons. The molecule has 2 aromatic heterocycles. The minimum absolute atomic E-state index is 0.769. The van der Waals surface area contributed by atoms with Crippen molar-refractivity contribution in [2.75, 3.05) is 0 Å². The van der Waals surface area contributed by atoms with Gasteiger partial charge in [0, 0.05) is 43.5 Å². The average molecular weight is 370 g/mol. The monoisotopic (exact) mass is 369 g/mol. The molecule has 0 aliphatic heterocycles. The molecule has 1 nitrogen and oxygen atoms in total. The lowest BCUT2D eigenvalue weighted by Crippen LogP contribution is -2.03. The zero-order valence-electron chi connectivity index (χ0n) is 15.7. The summed E-state index contributed by atoms with van der Waals surface area (Å²) in [6.45, 7) is 0. The van der Waals surface area contributed by atoms with Gasteiger partial charge < -0.3 is 4.57 Å². The van der Waals surface area contributed by atoms with Crippen molar-refractivity contribution in [1.29, 1.82) is 0 Å². The van der Waals surface area contributed by atoms with Crippen LogP contribution >= 0.6 is 11.3 Å². The van der Waals surface area contributed by atoms with E-state index in [-0.39, 0.29) is 0 Å². The molecule has 0 amide bonds. The molecule has 0 bridgehead atoms. The predicted molar refractivity (Wildman–Crippen MR) is 119 cm³/mol. The van der Waals surface area contributed by atoms with Gasteiger partial charge in [0.05, 0.1) is 5.52 Å². The topological polar surface area (TPSA) is 4.93 Å². The Morgan fingerprint density at radius 1 is 0.815 bits per heavy atom. The van der Waals surface area contributed by atoms with Crippen LogP contribution in [0.15, 0.2) is 54.6 Å². The van der Waals surface area contributed by atoms with E-state index in [1.54, 1.807) is 5.56 Å². The van der Waals surface area contributed by atoms with E-state index in [9.17, 15) is 0 Å². The molecule has 1 saturated carbocycles. The lowest BCUT2D eigenvalue weighted by Gasteiger charge is -2.21. The summed E-state index contributed by atoms with van der Waals surface area (Å²) in [5.41, 5.74) is 4.21. The Morgan fingerprint density at radius 3 is 2.52 bits per heavy atom. The average Bonchev–Trinajstić information content (AvgIpc) is 3.24. The van der Waals surface area contributed by atoms with Crippen LogP contribution in [0.1, 0.15) is 43.6 Å². The molecular weight excluding hydrogens is 346 g/mol. The Morgan fingerprint density at radius 2 is 1.63 bits per heavy atom. The van der Waals surface area contributed by atoms with E-state index in [4.69, 9.17) is 0 Å². The van der Waals surface area contributed by atoms with Crippen LogP contribution < -0.4 is 0 Å². The molecule has 0 atom stereocenters. The van der Waals surface area contributed by atoms with Gasteiger partial charge >= 0.3 is 0 Å². The number of benzene rings is 3. The summed E-state index contributed by atoms with van der Waals surface area (Å²) in [4.78, 5) is 0. The summed E-state index contributed by atoms with van der Waals surface area (Å²) >= 11 is 1.98. The molecule has 1 aliphatic rings. The standard InChI is InChI=1S/C25H23NS/c1-26-21-10-6-5-9-20(21)24-22(26)14-13-19-18-12-11-17(15-23(18)27-25(19)24)16-7-3-2-4-8-16/h5-6,9-16H,2-4,7-8H2,1H3. The zero-order valence-corrected chi connectivity index (χ0v) is 16.5. The zero-order chi connectivity index (χ0) is 18.0. The molecule has 0 saturated heterocycles. The SMILES string of the molecule is Cn1c2ccccc2c2c3sc4cc(C5CCCCC5)ccc4c3ccc21. The molecule has 3 aromatic carbocycles. The molecule has 0 unspecified atom stereocenters. The highest BCUT2D eigenvalue weighted by molar-refractivity contribution is 7.26. The van der Waals surface area contributed by atoms with Gasteiger partial charge in [0.15, 0.2) is 0 Å². The predicted octanol–water partition coefficient (Wildman–Crippen LogP) is 7.75. The maximum atomic E-state index is 2.49. The molecule has 2 heterocycles. The molecule has 1 aliphatic carbocycles. The van der Waals surface area contributed by atoms with Crippen LogP contribution in [-0.4, -0.2) is 4.57 Å². The van der Waals surface area contributed by atoms with Crippen LogP contribution in [0.5, 0.6) is 0 Å². The van der Waals surface area contributed by atoms with Crippen LogP contribution in [-0.2, 0) is 7.05 Å². The number of fused-ring (bicyclic) bond motifs is 7. The summed E-state index contributed by atoms with van der Waals surface area (Å²) < 4.78 is 5.23. The number of hydrogen-bond donors (Lipinski definition) is 0. The Labute approximate surface area is 163 Å². The molecule has 27 heavy (non-hydrogen) atoms. The lowest BCUT2D eigenvalue weighted by atomic mass is 9.84. The highest BCUT2D eigenvalue weighted by atomic mass is 32.1. The first-order chi connectivity index (χ1) is 13.3. The first-order valence-electron chi connectivity index (χ1n) is 10.1. The molecule has 134 valence electrons. The van der Waals surface area contributed by atoms with Crippen molar-refractivity contribution >= 4 is 53.3 Å². The molecule has 1 fully saturated rings. The number of aryl methyl sites for hydroxylation is 1. The summed E-state index contributed by atoms with van der Waals surface area (Å²) in [5, 5.41) is 5.63. The number of rotatable bonds is 1. The highest BCUT2D eigenvalue weighted by Crippen LogP contribution is 2.43. The van der Waals surface area contributed by atoms with Gasteiger partial charge in [-0.15, -0.1) is 11.3 Å². The Kier molecular flexibility index (Phi) is 3.40. The minimum Gasteiger partial charge on any atom is -0.344 e. The van der Waals surface area contributed by atoms with Crippen LogP contribution in [0.2, 0.25) is 0 Å². The van der Waals surface area contributed by atoms with Crippen LogP contribution in [0.3, 0.4) is 0 Å². The van der Waals surface area contributed by atoms with Crippen molar-refractivity contribution < 1.29 is 0 Å². The third kappa shape index (κ3) is 2.23. The molecule has 0 spiro atoms. The second-order valence-corrected chi connectivity index (χ2v) is 9.16. The molecule has 2 heteroatoms. The van der Waals surface area contributed by atoms with E-state index in [2.05, 4.69) is 66.2 Å². The lowest BCUT2D eigenvalue weighted by molar-refractivity contribution is 0.444. The smallest absolute Gasteiger partial charge is 0.0503 e. The number of thiophene rings is 1. The Hall–Kier alpha value is -2.32. The first kappa shape index (κ1) is 15.7. The van der Waals surface area contributed by atoms with Crippen molar-refractivity contribution in [1.82, 2.24) is 4.57 Å². The quantitative estimate of drug-likeness (QED) is 0.285. The molecule has 0 N–H and O–H groups in total. The first-order valence-corrected chi connectivity index (χ1v) is 11.0. The normalized spacial score (nSPS) is 16.2. The van der Waals surface area contributed by atoms with Gasteiger partial charge in [-0.3, -0.25) is 0 Å². The van der Waals surface area contributed by atoms with E-state index in [0.717, 1.165) is 5.92 Å². The van der Waals surface area contributed by atoms with Crippen LogP contribution in [0.4, 0.5) is 0 Å². The van der Waals surface area contributed by atoms with Crippen molar-refractivity contribution in [2.24, 2.45) is 7.05 Å². The third-order valence-electron chi connectivity index (χ3n) is 6.62. The fraction of sp³-hybridized carbons (Fsp3) is 0.280. The van der Waals surface area contributed by atoms with Gasteiger partial charge in [0.2, 0.25) is 0 Å². The summed E-state index contributed by atoms with van der Waals surface area (Å²) in [6, 6.07) is 20.7. The third-order valence-corrected chi connectivity index (χ3v) is 7.80. The van der Waals surface area contributed by atoms with E-state index in [1.165, 1.54) is 74.1 Å². The van der Waals surface area contributed by atoms with Gasteiger partial charge in [-0.1, -0.05) is 55.7 Å². The maximum Gasteiger partial charge on any atom is 0.0503 e. The summed E-state index contributed by atoms with van der Waals surface area (Å²) in [7, 11) is 2.19. The highest BCUT2D eigenvalue weighted by Gasteiger charge is 2.18. The van der Waals surface area contributed by atoms with Gasteiger partial charge in [0.25, 0.3) is 0 Å². The van der Waals surface area contributed by atoms with Crippen LogP contribution in [0, 0.1) is 0 Å². The van der Waals surface area contributed by atoms with E-state index in [1.807, 2.05) is 11.3 Å². The molecular formula is C25H23NS. The van der Waals surface area contributed by atoms with Crippen molar-refractivity contribution in [3.8, 4) is 0 Å².